The molecule has 1 aliphatic carbocycles. The fourth-order valence-electron chi connectivity index (χ4n) is 3.27. The number of nitrogens with one attached hydrogen (secondary N) is 1. The highest BCUT2D eigenvalue weighted by Crippen LogP contribution is 2.24. The lowest BCUT2D eigenvalue weighted by molar-refractivity contribution is 0.0639. The summed E-state index contributed by atoms with van der Waals surface area (Å²) in [5.41, 5.74) is 0.996. The van der Waals surface area contributed by atoms with Crippen LogP contribution in [0.1, 0.15) is 38.2 Å². The molecule has 128 valence electrons. The molecule has 5 nitrogen and oxygen atoms in total. The number of carbonyl (C=O) groups excluding carboxylic acids is 1. The number of carbonyl (C=O) groups is 1. The number of hydrogen-bond donors (Lipinski definition) is 2. The van der Waals surface area contributed by atoms with E-state index in [2.05, 4.69) is 5.32 Å². The number of hydrogen-bond acceptors (Lipinski definition) is 4. The zero-order valence-corrected chi connectivity index (χ0v) is 13.9. The lowest BCUT2D eigenvalue weighted by Crippen LogP contribution is -2.54. The first-order valence-corrected chi connectivity index (χ1v) is 8.57. The van der Waals surface area contributed by atoms with Gasteiger partial charge in [0.2, 0.25) is 0 Å². The minimum absolute atomic E-state index is 0.119. The molecule has 0 unspecified atom stereocenters. The molecule has 0 saturated heterocycles. The Balaban J connectivity index is 1.94. The molecule has 1 saturated carbocycles. The van der Waals surface area contributed by atoms with Crippen LogP contribution in [0.3, 0.4) is 0 Å². The van der Waals surface area contributed by atoms with E-state index in [0.717, 1.165) is 31.2 Å². The SMILES string of the molecule is CCN(C(=O)OCc1ccccc1)[C@H]1CCCC[C@@H]1NCCO. The minimum atomic E-state index is -0.251. The molecule has 23 heavy (non-hydrogen) atoms. The van der Waals surface area contributed by atoms with E-state index in [-0.39, 0.29) is 24.8 Å². The van der Waals surface area contributed by atoms with Crippen molar-refractivity contribution in [3.05, 3.63) is 35.9 Å². The summed E-state index contributed by atoms with van der Waals surface area (Å²) >= 11 is 0. The van der Waals surface area contributed by atoms with Gasteiger partial charge < -0.3 is 20.1 Å². The van der Waals surface area contributed by atoms with E-state index in [9.17, 15) is 4.79 Å². The number of ether oxygens (including phenoxy) is 1. The average molecular weight is 320 g/mol. The van der Waals surface area contributed by atoms with Crippen LogP contribution < -0.4 is 5.32 Å². The monoisotopic (exact) mass is 320 g/mol. The van der Waals surface area contributed by atoms with Gasteiger partial charge in [-0.05, 0) is 25.3 Å². The lowest BCUT2D eigenvalue weighted by atomic mass is 9.89. The van der Waals surface area contributed by atoms with Gasteiger partial charge in [0.15, 0.2) is 0 Å². The van der Waals surface area contributed by atoms with Crippen molar-refractivity contribution in [2.24, 2.45) is 0 Å². The van der Waals surface area contributed by atoms with Gasteiger partial charge in [-0.25, -0.2) is 4.79 Å². The molecule has 5 heteroatoms. The van der Waals surface area contributed by atoms with Gasteiger partial charge in [0.1, 0.15) is 6.61 Å². The first kappa shape index (κ1) is 17.8. The summed E-state index contributed by atoms with van der Waals surface area (Å²) in [6.45, 7) is 3.61. The van der Waals surface area contributed by atoms with Crippen molar-refractivity contribution >= 4 is 6.09 Å². The number of aliphatic hydroxyl groups is 1. The van der Waals surface area contributed by atoms with Crippen molar-refractivity contribution < 1.29 is 14.6 Å². The quantitative estimate of drug-likeness (QED) is 0.810. The third-order valence-electron chi connectivity index (χ3n) is 4.43. The smallest absolute Gasteiger partial charge is 0.410 e. The van der Waals surface area contributed by atoms with Gasteiger partial charge >= 0.3 is 6.09 Å². The van der Waals surface area contributed by atoms with Gasteiger partial charge in [0.05, 0.1) is 12.6 Å². The summed E-state index contributed by atoms with van der Waals surface area (Å²) in [5, 5.41) is 12.4. The predicted octanol–water partition coefficient (Wildman–Crippen LogP) is 2.54. The summed E-state index contributed by atoms with van der Waals surface area (Å²) < 4.78 is 5.50. The summed E-state index contributed by atoms with van der Waals surface area (Å²) in [7, 11) is 0. The van der Waals surface area contributed by atoms with Crippen LogP contribution in [0.15, 0.2) is 30.3 Å². The zero-order valence-electron chi connectivity index (χ0n) is 13.9. The topological polar surface area (TPSA) is 61.8 Å². The molecule has 0 aromatic heterocycles. The average Bonchev–Trinajstić information content (AvgIpc) is 2.60. The molecule has 0 spiro atoms. The van der Waals surface area contributed by atoms with Crippen LogP contribution in [0.25, 0.3) is 0 Å². The molecule has 1 aromatic rings. The third kappa shape index (κ3) is 5.22. The molecule has 2 atom stereocenters. The van der Waals surface area contributed by atoms with Crippen LogP contribution in [-0.2, 0) is 11.3 Å². The Bertz CT molecular complexity index is 467. The minimum Gasteiger partial charge on any atom is -0.445 e. The molecule has 1 aromatic carbocycles. The Hall–Kier alpha value is -1.59. The molecular weight excluding hydrogens is 292 g/mol. The fourth-order valence-corrected chi connectivity index (χ4v) is 3.27. The molecular formula is C18H28N2O3. The Morgan fingerprint density at radius 2 is 2.04 bits per heavy atom. The van der Waals surface area contributed by atoms with Crippen molar-refractivity contribution in [2.45, 2.75) is 51.3 Å². The van der Waals surface area contributed by atoms with Gasteiger partial charge in [0, 0.05) is 19.1 Å². The Morgan fingerprint density at radius 3 is 2.74 bits per heavy atom. The second-order valence-electron chi connectivity index (χ2n) is 5.96. The molecule has 0 heterocycles. The fraction of sp³-hybridized carbons (Fsp3) is 0.611. The second-order valence-corrected chi connectivity index (χ2v) is 5.96. The Kier molecular flexibility index (Phi) is 7.36. The highest BCUT2D eigenvalue weighted by Gasteiger charge is 2.32. The van der Waals surface area contributed by atoms with E-state index < -0.39 is 0 Å². The van der Waals surface area contributed by atoms with Crippen LogP contribution in [0.5, 0.6) is 0 Å². The maximum Gasteiger partial charge on any atom is 0.410 e. The van der Waals surface area contributed by atoms with Crippen molar-refractivity contribution in [2.75, 3.05) is 19.7 Å². The van der Waals surface area contributed by atoms with E-state index in [1.165, 1.54) is 0 Å². The lowest BCUT2D eigenvalue weighted by Gasteiger charge is -2.39. The normalized spacial score (nSPS) is 21.0. The third-order valence-corrected chi connectivity index (χ3v) is 4.43. The summed E-state index contributed by atoms with van der Waals surface area (Å²) in [4.78, 5) is 14.3. The van der Waals surface area contributed by atoms with E-state index in [0.29, 0.717) is 19.7 Å². The number of likely N-dealkylation sites (N-methyl/N-ethyl adjacent to an activating group) is 1. The van der Waals surface area contributed by atoms with E-state index in [4.69, 9.17) is 9.84 Å². The van der Waals surface area contributed by atoms with Crippen molar-refractivity contribution in [3.8, 4) is 0 Å². The largest absolute Gasteiger partial charge is 0.445 e. The van der Waals surface area contributed by atoms with Gasteiger partial charge in [-0.3, -0.25) is 0 Å². The molecule has 1 aliphatic rings. The van der Waals surface area contributed by atoms with E-state index in [1.807, 2.05) is 42.2 Å². The van der Waals surface area contributed by atoms with Crippen LogP contribution in [0, 0.1) is 0 Å². The summed E-state index contributed by atoms with van der Waals surface area (Å²) in [5.74, 6) is 0. The van der Waals surface area contributed by atoms with Crippen LogP contribution in [-0.4, -0.2) is 47.9 Å². The van der Waals surface area contributed by atoms with Crippen molar-refractivity contribution in [1.29, 1.82) is 0 Å². The van der Waals surface area contributed by atoms with Crippen LogP contribution in [0.2, 0.25) is 0 Å². The number of rotatable bonds is 7. The van der Waals surface area contributed by atoms with Gasteiger partial charge in [-0.1, -0.05) is 43.2 Å². The van der Waals surface area contributed by atoms with Gasteiger partial charge in [-0.15, -0.1) is 0 Å². The first-order valence-electron chi connectivity index (χ1n) is 8.57. The maximum atomic E-state index is 12.5. The number of nitrogens with zero attached hydrogens (tertiary/aromatic N) is 1. The van der Waals surface area contributed by atoms with Gasteiger partial charge in [0.25, 0.3) is 0 Å². The molecule has 0 radical (unpaired) electrons. The standard InChI is InChI=1S/C18H28N2O3/c1-2-20(17-11-7-6-10-16(17)19-12-13-21)18(22)23-14-15-8-4-3-5-9-15/h3-5,8-9,16-17,19,21H,2,6-7,10-14H2,1H3/t16-,17-/m0/s1. The number of aliphatic hydroxyl groups excluding tert-OH is 1. The molecule has 1 amide bonds. The molecule has 0 bridgehead atoms. The maximum absolute atomic E-state index is 12.5. The first-order chi connectivity index (χ1) is 11.3. The Labute approximate surface area is 138 Å². The van der Waals surface area contributed by atoms with Crippen LogP contribution >= 0.6 is 0 Å². The Morgan fingerprint density at radius 1 is 1.30 bits per heavy atom. The summed E-state index contributed by atoms with van der Waals surface area (Å²) in [6, 6.07) is 10.1. The summed E-state index contributed by atoms with van der Waals surface area (Å²) in [6.07, 6.45) is 4.06. The van der Waals surface area contributed by atoms with E-state index in [1.54, 1.807) is 0 Å². The highest BCUT2D eigenvalue weighted by molar-refractivity contribution is 5.68. The molecule has 1 fully saturated rings. The van der Waals surface area contributed by atoms with E-state index >= 15 is 0 Å². The molecule has 2 N–H and O–H groups in total. The highest BCUT2D eigenvalue weighted by atomic mass is 16.6. The molecule has 0 aliphatic heterocycles. The number of amides is 1. The van der Waals surface area contributed by atoms with Crippen molar-refractivity contribution in [3.63, 3.8) is 0 Å². The molecule has 2 rings (SSSR count). The van der Waals surface area contributed by atoms with Crippen LogP contribution in [0.4, 0.5) is 4.79 Å². The number of benzene rings is 1. The van der Waals surface area contributed by atoms with Gasteiger partial charge in [-0.2, -0.15) is 0 Å². The predicted molar refractivity (Wildman–Crippen MR) is 90.1 cm³/mol. The second kappa shape index (κ2) is 9.53. The zero-order chi connectivity index (χ0) is 16.5. The van der Waals surface area contributed by atoms with Crippen molar-refractivity contribution in [1.82, 2.24) is 10.2 Å².